The van der Waals surface area contributed by atoms with Gasteiger partial charge in [-0.25, -0.2) is 9.97 Å². The molecule has 174 valence electrons. The van der Waals surface area contributed by atoms with Crippen LogP contribution in [0.25, 0.3) is 0 Å². The zero-order chi connectivity index (χ0) is 24.2. The van der Waals surface area contributed by atoms with Crippen LogP contribution in [0.15, 0.2) is 41.2 Å². The predicted octanol–water partition coefficient (Wildman–Crippen LogP) is 3.07. The Morgan fingerprint density at radius 1 is 1.15 bits per heavy atom. The van der Waals surface area contributed by atoms with E-state index in [2.05, 4.69) is 25.8 Å². The van der Waals surface area contributed by atoms with E-state index in [0.717, 1.165) is 6.07 Å². The molecule has 12 heteroatoms. The third-order valence-corrected chi connectivity index (χ3v) is 4.67. The molecule has 0 spiro atoms. The van der Waals surface area contributed by atoms with Crippen LogP contribution in [0.2, 0.25) is 0 Å². The Morgan fingerprint density at radius 2 is 1.91 bits per heavy atom. The molecule has 2 heterocycles. The standard InChI is InChI=1S/C21H20F3N5O4/c1-11-3-4-14(7-15(11)21(22,23)24)28-20(32)18-9-16(29-33-18)12(2)27-19(31)17-8-13(5-6-30)25-10-26-17/h3-4,7-10,12,30H,5-6H2,1-2H3,(H,27,31)(H,28,32)/t12-/m1/s1. The van der Waals surface area contributed by atoms with Crippen LogP contribution in [0.4, 0.5) is 18.9 Å². The van der Waals surface area contributed by atoms with Gasteiger partial charge in [-0.2, -0.15) is 13.2 Å². The number of aliphatic hydroxyl groups is 1. The third kappa shape index (κ3) is 5.92. The van der Waals surface area contributed by atoms with Gasteiger partial charge in [0.25, 0.3) is 11.8 Å². The number of nitrogens with zero attached hydrogens (tertiary/aromatic N) is 3. The zero-order valence-corrected chi connectivity index (χ0v) is 17.6. The number of aliphatic hydroxyl groups excluding tert-OH is 1. The van der Waals surface area contributed by atoms with Crippen LogP contribution in [0.5, 0.6) is 0 Å². The van der Waals surface area contributed by atoms with E-state index >= 15 is 0 Å². The number of hydrogen-bond acceptors (Lipinski definition) is 7. The van der Waals surface area contributed by atoms with Crippen LogP contribution in [0.1, 0.15) is 56.5 Å². The molecule has 1 atom stereocenters. The van der Waals surface area contributed by atoms with Crippen LogP contribution >= 0.6 is 0 Å². The summed E-state index contributed by atoms with van der Waals surface area (Å²) in [7, 11) is 0. The molecule has 33 heavy (non-hydrogen) atoms. The molecule has 3 aromatic rings. The van der Waals surface area contributed by atoms with E-state index in [4.69, 9.17) is 9.63 Å². The number of carbonyl (C=O) groups is 2. The molecule has 1 aromatic carbocycles. The van der Waals surface area contributed by atoms with Crippen molar-refractivity contribution in [1.29, 1.82) is 0 Å². The van der Waals surface area contributed by atoms with Crippen LogP contribution in [-0.4, -0.2) is 38.7 Å². The summed E-state index contributed by atoms with van der Waals surface area (Å²) in [6.45, 7) is 2.79. The van der Waals surface area contributed by atoms with Gasteiger partial charge in [0.05, 0.1) is 11.6 Å². The molecular formula is C21H20F3N5O4. The lowest BCUT2D eigenvalue weighted by atomic mass is 10.1. The first-order valence-electron chi connectivity index (χ1n) is 9.77. The summed E-state index contributed by atoms with van der Waals surface area (Å²) in [5, 5.41) is 17.7. The fourth-order valence-electron chi connectivity index (χ4n) is 2.92. The normalized spacial score (nSPS) is 12.3. The molecule has 0 saturated heterocycles. The highest BCUT2D eigenvalue weighted by Crippen LogP contribution is 2.33. The van der Waals surface area contributed by atoms with E-state index in [1.807, 2.05) is 0 Å². The van der Waals surface area contributed by atoms with Gasteiger partial charge in [0.15, 0.2) is 0 Å². The molecule has 0 saturated carbocycles. The highest BCUT2D eigenvalue weighted by Gasteiger charge is 2.32. The molecule has 3 rings (SSSR count). The lowest BCUT2D eigenvalue weighted by Gasteiger charge is -2.12. The summed E-state index contributed by atoms with van der Waals surface area (Å²) in [4.78, 5) is 32.6. The van der Waals surface area contributed by atoms with Crippen molar-refractivity contribution in [2.45, 2.75) is 32.5 Å². The van der Waals surface area contributed by atoms with Gasteiger partial charge < -0.3 is 20.3 Å². The number of benzene rings is 1. The zero-order valence-electron chi connectivity index (χ0n) is 17.6. The minimum absolute atomic E-state index is 0.0270. The molecule has 0 unspecified atom stereocenters. The second-order valence-corrected chi connectivity index (χ2v) is 7.16. The molecule has 0 bridgehead atoms. The summed E-state index contributed by atoms with van der Waals surface area (Å²) >= 11 is 0. The highest BCUT2D eigenvalue weighted by molar-refractivity contribution is 6.02. The predicted molar refractivity (Wildman–Crippen MR) is 109 cm³/mol. The second-order valence-electron chi connectivity index (χ2n) is 7.16. The van der Waals surface area contributed by atoms with Gasteiger partial charge in [0.1, 0.15) is 17.7 Å². The number of halogens is 3. The van der Waals surface area contributed by atoms with Gasteiger partial charge >= 0.3 is 6.18 Å². The smallest absolute Gasteiger partial charge is 0.396 e. The minimum atomic E-state index is -4.56. The Labute approximate surface area is 186 Å². The quantitative estimate of drug-likeness (QED) is 0.491. The molecule has 2 amide bonds. The summed E-state index contributed by atoms with van der Waals surface area (Å²) in [6, 6.07) is 5.47. The number of anilines is 1. The average Bonchev–Trinajstić information content (AvgIpc) is 3.25. The van der Waals surface area contributed by atoms with Gasteiger partial charge in [0, 0.05) is 30.5 Å². The molecule has 9 nitrogen and oxygen atoms in total. The average molecular weight is 463 g/mol. The van der Waals surface area contributed by atoms with Crippen LogP contribution in [0, 0.1) is 6.92 Å². The van der Waals surface area contributed by atoms with E-state index in [0.29, 0.717) is 5.69 Å². The van der Waals surface area contributed by atoms with E-state index in [9.17, 15) is 22.8 Å². The first-order chi connectivity index (χ1) is 15.6. The number of rotatable bonds is 7. The number of amides is 2. The maximum absolute atomic E-state index is 13.1. The van der Waals surface area contributed by atoms with Crippen molar-refractivity contribution in [2.24, 2.45) is 0 Å². The second kappa shape index (κ2) is 9.77. The summed E-state index contributed by atoms with van der Waals surface area (Å²) in [5.74, 6) is -1.57. The number of nitrogens with one attached hydrogen (secondary N) is 2. The lowest BCUT2D eigenvalue weighted by molar-refractivity contribution is -0.138. The van der Waals surface area contributed by atoms with Gasteiger partial charge in [-0.1, -0.05) is 11.2 Å². The van der Waals surface area contributed by atoms with Crippen molar-refractivity contribution < 1.29 is 32.4 Å². The monoisotopic (exact) mass is 463 g/mol. The van der Waals surface area contributed by atoms with Crippen molar-refractivity contribution in [3.05, 3.63) is 70.6 Å². The molecule has 3 N–H and O–H groups in total. The van der Waals surface area contributed by atoms with Crippen molar-refractivity contribution >= 4 is 17.5 Å². The summed E-state index contributed by atoms with van der Waals surface area (Å²) in [5.41, 5.74) is -0.0873. The first kappa shape index (κ1) is 23.9. The first-order valence-corrected chi connectivity index (χ1v) is 9.77. The topological polar surface area (TPSA) is 130 Å². The van der Waals surface area contributed by atoms with Crippen molar-refractivity contribution in [2.75, 3.05) is 11.9 Å². The molecule has 2 aromatic heterocycles. The van der Waals surface area contributed by atoms with E-state index in [-0.39, 0.29) is 41.4 Å². The summed E-state index contributed by atoms with van der Waals surface area (Å²) in [6.07, 6.45) is -3.08. The molecule has 0 aliphatic rings. The van der Waals surface area contributed by atoms with Gasteiger partial charge in [-0.15, -0.1) is 0 Å². The van der Waals surface area contributed by atoms with Crippen molar-refractivity contribution in [1.82, 2.24) is 20.4 Å². The fraction of sp³-hybridized carbons (Fsp3) is 0.286. The number of aryl methyl sites for hydroxylation is 1. The lowest BCUT2D eigenvalue weighted by Crippen LogP contribution is -2.28. The number of hydrogen-bond donors (Lipinski definition) is 3. The van der Waals surface area contributed by atoms with Crippen LogP contribution in [0.3, 0.4) is 0 Å². The van der Waals surface area contributed by atoms with Crippen LogP contribution < -0.4 is 10.6 Å². The maximum Gasteiger partial charge on any atom is 0.416 e. The Morgan fingerprint density at radius 3 is 2.61 bits per heavy atom. The van der Waals surface area contributed by atoms with E-state index in [1.54, 1.807) is 6.92 Å². The number of carbonyl (C=O) groups excluding carboxylic acids is 2. The summed E-state index contributed by atoms with van der Waals surface area (Å²) < 4.78 is 44.2. The fourth-order valence-corrected chi connectivity index (χ4v) is 2.92. The number of aromatic nitrogens is 3. The molecule has 0 aliphatic heterocycles. The number of alkyl halides is 3. The molecule has 0 radical (unpaired) electrons. The SMILES string of the molecule is Cc1ccc(NC(=O)c2cc([C@@H](C)NC(=O)c3cc(CCO)ncn3)no2)cc1C(F)(F)F. The Hall–Kier alpha value is -3.80. The Kier molecular flexibility index (Phi) is 7.07. The van der Waals surface area contributed by atoms with Crippen molar-refractivity contribution in [3.8, 4) is 0 Å². The van der Waals surface area contributed by atoms with Crippen molar-refractivity contribution in [3.63, 3.8) is 0 Å². The molecule has 0 fully saturated rings. The minimum Gasteiger partial charge on any atom is -0.396 e. The highest BCUT2D eigenvalue weighted by atomic mass is 19.4. The Balaban J connectivity index is 1.67. The molecule has 0 aliphatic carbocycles. The van der Waals surface area contributed by atoms with Gasteiger partial charge in [0.2, 0.25) is 5.76 Å². The maximum atomic E-state index is 13.1. The molecular weight excluding hydrogens is 443 g/mol. The van der Waals surface area contributed by atoms with Gasteiger partial charge in [-0.3, -0.25) is 9.59 Å². The van der Waals surface area contributed by atoms with E-state index < -0.39 is 29.6 Å². The van der Waals surface area contributed by atoms with Crippen LogP contribution in [-0.2, 0) is 12.6 Å². The third-order valence-electron chi connectivity index (χ3n) is 4.67. The van der Waals surface area contributed by atoms with Gasteiger partial charge in [-0.05, 0) is 37.6 Å². The largest absolute Gasteiger partial charge is 0.416 e. The van der Waals surface area contributed by atoms with E-state index in [1.165, 1.54) is 37.5 Å². The Bertz CT molecular complexity index is 1160.